The summed E-state index contributed by atoms with van der Waals surface area (Å²) in [7, 11) is 0. The summed E-state index contributed by atoms with van der Waals surface area (Å²) in [6.07, 6.45) is -4.29. The highest BCUT2D eigenvalue weighted by atomic mass is 16.7. The third-order valence-electron chi connectivity index (χ3n) is 3.83. The van der Waals surface area contributed by atoms with E-state index in [1.165, 1.54) is 6.92 Å². The van der Waals surface area contributed by atoms with Crippen LogP contribution in [0.25, 0.3) is 0 Å². The van der Waals surface area contributed by atoms with Crippen molar-refractivity contribution in [2.45, 2.75) is 43.9 Å². The molecule has 0 bridgehead atoms. The minimum absolute atomic E-state index is 0.186. The minimum atomic E-state index is -1.30. The van der Waals surface area contributed by atoms with Crippen LogP contribution in [0.2, 0.25) is 0 Å². The number of aliphatic hydroxyl groups is 2. The highest BCUT2D eigenvalue weighted by Gasteiger charge is 2.49. The van der Waals surface area contributed by atoms with E-state index in [9.17, 15) is 15.0 Å². The van der Waals surface area contributed by atoms with E-state index in [4.69, 9.17) is 14.2 Å². The molecule has 1 aromatic rings. The van der Waals surface area contributed by atoms with E-state index < -0.39 is 36.9 Å². The molecule has 2 saturated heterocycles. The van der Waals surface area contributed by atoms with Gasteiger partial charge in [0, 0.05) is 12.5 Å². The van der Waals surface area contributed by atoms with Crippen LogP contribution >= 0.6 is 0 Å². The number of amides is 1. The molecule has 2 heterocycles. The first-order valence-electron chi connectivity index (χ1n) is 7.17. The van der Waals surface area contributed by atoms with E-state index in [0.29, 0.717) is 0 Å². The average molecular weight is 309 g/mol. The van der Waals surface area contributed by atoms with Gasteiger partial charge in [-0.2, -0.15) is 0 Å². The fourth-order valence-corrected chi connectivity index (χ4v) is 2.78. The molecule has 1 aromatic carbocycles. The van der Waals surface area contributed by atoms with Crippen LogP contribution in [0.1, 0.15) is 18.8 Å². The molecule has 6 atom stereocenters. The van der Waals surface area contributed by atoms with Gasteiger partial charge in [-0.25, -0.2) is 0 Å². The van der Waals surface area contributed by atoms with Crippen LogP contribution in [-0.4, -0.2) is 53.4 Å². The Morgan fingerprint density at radius 2 is 1.95 bits per heavy atom. The van der Waals surface area contributed by atoms with Crippen LogP contribution in [0.5, 0.6) is 0 Å². The Morgan fingerprint density at radius 1 is 1.23 bits per heavy atom. The van der Waals surface area contributed by atoms with Gasteiger partial charge in [-0.05, 0) is 0 Å². The number of aliphatic hydroxyl groups excluding tert-OH is 2. The van der Waals surface area contributed by atoms with Gasteiger partial charge in [-0.15, -0.1) is 0 Å². The van der Waals surface area contributed by atoms with E-state index in [1.54, 1.807) is 0 Å². The SMILES string of the molecule is CC(=O)N[C@@H]1[C@H](O)[C@@H]2O[C@@H](c3ccccc3)OC[C@@H]2O[C@H]1O. The maximum Gasteiger partial charge on any atom is 0.217 e. The molecule has 7 heteroatoms. The molecule has 0 spiro atoms. The molecule has 0 radical (unpaired) electrons. The second-order valence-corrected chi connectivity index (χ2v) is 5.46. The number of carbonyl (C=O) groups is 1. The molecule has 2 aliphatic heterocycles. The van der Waals surface area contributed by atoms with Crippen LogP contribution in [-0.2, 0) is 19.0 Å². The minimum Gasteiger partial charge on any atom is -0.388 e. The Hall–Kier alpha value is -1.51. The Balaban J connectivity index is 1.75. The summed E-state index contributed by atoms with van der Waals surface area (Å²) >= 11 is 0. The van der Waals surface area contributed by atoms with Gasteiger partial charge in [0.05, 0.1) is 6.61 Å². The summed E-state index contributed by atoms with van der Waals surface area (Å²) in [4.78, 5) is 11.2. The van der Waals surface area contributed by atoms with Gasteiger partial charge >= 0.3 is 0 Å². The molecule has 0 aromatic heterocycles. The molecule has 22 heavy (non-hydrogen) atoms. The largest absolute Gasteiger partial charge is 0.388 e. The topological polar surface area (TPSA) is 97.3 Å². The Labute approximate surface area is 127 Å². The van der Waals surface area contributed by atoms with E-state index in [-0.39, 0.29) is 12.5 Å². The lowest BCUT2D eigenvalue weighted by atomic mass is 9.96. The van der Waals surface area contributed by atoms with Crippen molar-refractivity contribution in [3.63, 3.8) is 0 Å². The molecule has 2 aliphatic rings. The van der Waals surface area contributed by atoms with Crippen molar-refractivity contribution < 1.29 is 29.2 Å². The predicted octanol–water partition coefficient (Wildman–Crippen LogP) is -0.317. The highest BCUT2D eigenvalue weighted by molar-refractivity contribution is 5.73. The van der Waals surface area contributed by atoms with Gasteiger partial charge in [0.1, 0.15) is 24.4 Å². The van der Waals surface area contributed by atoms with Crippen molar-refractivity contribution in [2.75, 3.05) is 6.61 Å². The van der Waals surface area contributed by atoms with Crippen molar-refractivity contribution >= 4 is 5.91 Å². The van der Waals surface area contributed by atoms with Gasteiger partial charge in [0.15, 0.2) is 12.6 Å². The third-order valence-corrected chi connectivity index (χ3v) is 3.83. The summed E-state index contributed by atoms with van der Waals surface area (Å²) in [6.45, 7) is 1.49. The zero-order chi connectivity index (χ0) is 15.7. The Kier molecular flexibility index (Phi) is 4.42. The van der Waals surface area contributed by atoms with Crippen LogP contribution in [0.15, 0.2) is 30.3 Å². The number of hydrogen-bond donors (Lipinski definition) is 3. The molecule has 120 valence electrons. The third kappa shape index (κ3) is 2.99. The first kappa shape index (κ1) is 15.4. The quantitative estimate of drug-likeness (QED) is 0.693. The molecule has 0 unspecified atom stereocenters. The van der Waals surface area contributed by atoms with Gasteiger partial charge < -0.3 is 29.7 Å². The van der Waals surface area contributed by atoms with E-state index in [1.807, 2.05) is 30.3 Å². The van der Waals surface area contributed by atoms with Gasteiger partial charge in [0.25, 0.3) is 0 Å². The fraction of sp³-hybridized carbons (Fsp3) is 0.533. The number of fused-ring (bicyclic) bond motifs is 1. The molecular weight excluding hydrogens is 290 g/mol. The summed E-state index contributed by atoms with van der Waals surface area (Å²) in [6, 6.07) is 8.41. The Bertz CT molecular complexity index is 524. The van der Waals surface area contributed by atoms with Crippen molar-refractivity contribution in [3.8, 4) is 0 Å². The van der Waals surface area contributed by atoms with Gasteiger partial charge in [-0.3, -0.25) is 4.79 Å². The molecule has 0 saturated carbocycles. The Morgan fingerprint density at radius 3 is 2.64 bits per heavy atom. The van der Waals surface area contributed by atoms with E-state index in [2.05, 4.69) is 5.32 Å². The molecule has 3 rings (SSSR count). The van der Waals surface area contributed by atoms with Crippen molar-refractivity contribution in [2.24, 2.45) is 0 Å². The highest BCUT2D eigenvalue weighted by Crippen LogP contribution is 2.33. The fourth-order valence-electron chi connectivity index (χ4n) is 2.78. The zero-order valence-corrected chi connectivity index (χ0v) is 12.1. The van der Waals surface area contributed by atoms with Crippen molar-refractivity contribution in [3.05, 3.63) is 35.9 Å². The van der Waals surface area contributed by atoms with Crippen molar-refractivity contribution in [1.29, 1.82) is 0 Å². The maximum atomic E-state index is 11.2. The number of benzene rings is 1. The number of nitrogens with one attached hydrogen (secondary N) is 1. The van der Waals surface area contributed by atoms with Crippen LogP contribution < -0.4 is 5.32 Å². The second kappa shape index (κ2) is 6.31. The van der Waals surface area contributed by atoms with Gasteiger partial charge in [0.2, 0.25) is 5.91 Å². The van der Waals surface area contributed by atoms with Crippen LogP contribution in [0.3, 0.4) is 0 Å². The normalized spacial score (nSPS) is 38.1. The van der Waals surface area contributed by atoms with E-state index >= 15 is 0 Å². The standard InChI is InChI=1S/C15H19NO6/c1-8(17)16-11-12(18)13-10(21-14(11)19)7-20-15(22-13)9-5-3-2-4-6-9/h2-6,10-15,18-19H,7H2,1H3,(H,16,17)/t10-,11+,12-,13+,14+,15-/m0/s1. The zero-order valence-electron chi connectivity index (χ0n) is 12.1. The van der Waals surface area contributed by atoms with E-state index in [0.717, 1.165) is 5.56 Å². The summed E-state index contributed by atoms with van der Waals surface area (Å²) < 4.78 is 16.8. The molecule has 1 amide bonds. The summed E-state index contributed by atoms with van der Waals surface area (Å²) in [5.74, 6) is -0.364. The van der Waals surface area contributed by atoms with Crippen LogP contribution in [0.4, 0.5) is 0 Å². The maximum absolute atomic E-state index is 11.2. The molecule has 3 N–H and O–H groups in total. The lowest BCUT2D eigenvalue weighted by Crippen LogP contribution is -2.66. The summed E-state index contributed by atoms with van der Waals surface area (Å²) in [5.41, 5.74) is 0.829. The number of rotatable bonds is 2. The molecular formula is C15H19NO6. The smallest absolute Gasteiger partial charge is 0.217 e. The molecule has 7 nitrogen and oxygen atoms in total. The molecule has 2 fully saturated rings. The lowest BCUT2D eigenvalue weighted by Gasteiger charge is -2.46. The van der Waals surface area contributed by atoms with Crippen LogP contribution in [0, 0.1) is 0 Å². The number of carbonyl (C=O) groups excluding carboxylic acids is 1. The van der Waals surface area contributed by atoms with Crippen molar-refractivity contribution in [1.82, 2.24) is 5.32 Å². The molecule has 0 aliphatic carbocycles. The second-order valence-electron chi connectivity index (χ2n) is 5.46. The van der Waals surface area contributed by atoms with Gasteiger partial charge in [-0.1, -0.05) is 30.3 Å². The average Bonchev–Trinajstić information content (AvgIpc) is 2.52. The number of hydrogen-bond acceptors (Lipinski definition) is 6. The predicted molar refractivity (Wildman–Crippen MR) is 74.5 cm³/mol. The lowest BCUT2D eigenvalue weighted by molar-refractivity contribution is -0.337. The monoisotopic (exact) mass is 309 g/mol. The first-order chi connectivity index (χ1) is 10.6. The number of ether oxygens (including phenoxy) is 3. The first-order valence-corrected chi connectivity index (χ1v) is 7.17. The summed E-state index contributed by atoms with van der Waals surface area (Å²) in [5, 5.41) is 22.8.